The van der Waals surface area contributed by atoms with E-state index in [2.05, 4.69) is 4.98 Å². The van der Waals surface area contributed by atoms with Crippen LogP contribution in [-0.2, 0) is 4.74 Å². The second-order valence-corrected chi connectivity index (χ2v) is 7.07. The van der Waals surface area contributed by atoms with E-state index < -0.39 is 0 Å². The first-order chi connectivity index (χ1) is 13.0. The molecule has 0 unspecified atom stereocenters. The summed E-state index contributed by atoms with van der Waals surface area (Å²) < 4.78 is 5.08. The van der Waals surface area contributed by atoms with Gasteiger partial charge in [-0.25, -0.2) is 4.79 Å². The molecule has 3 rings (SSSR count). The van der Waals surface area contributed by atoms with E-state index in [1.54, 1.807) is 49.5 Å². The van der Waals surface area contributed by atoms with Crippen LogP contribution in [0.3, 0.4) is 0 Å². The molecule has 0 saturated carbocycles. The van der Waals surface area contributed by atoms with Gasteiger partial charge in [-0.2, -0.15) is 0 Å². The first-order valence-electron chi connectivity index (χ1n) is 8.57. The molecule has 6 heteroatoms. The molecule has 0 bridgehead atoms. The molecule has 2 heterocycles. The lowest BCUT2D eigenvalue weighted by Gasteiger charge is -2.15. The van der Waals surface area contributed by atoms with Crippen LogP contribution in [0.2, 0.25) is 0 Å². The monoisotopic (exact) mass is 380 g/mol. The number of aryl methyl sites for hydroxylation is 1. The number of carbonyl (C=O) groups is 2. The Labute approximate surface area is 162 Å². The van der Waals surface area contributed by atoms with Gasteiger partial charge in [-0.3, -0.25) is 9.78 Å². The highest BCUT2D eigenvalue weighted by atomic mass is 32.1. The molecule has 138 valence electrons. The zero-order valence-electron chi connectivity index (χ0n) is 15.4. The third kappa shape index (κ3) is 4.06. The van der Waals surface area contributed by atoms with Gasteiger partial charge in [0.05, 0.1) is 17.0 Å². The number of thiophene rings is 1. The van der Waals surface area contributed by atoms with E-state index in [0.717, 1.165) is 21.7 Å². The van der Waals surface area contributed by atoms with Gasteiger partial charge in [0.25, 0.3) is 5.91 Å². The number of aromatic nitrogens is 1. The van der Waals surface area contributed by atoms with Crippen molar-refractivity contribution >= 4 is 28.9 Å². The number of hydrogen-bond donors (Lipinski definition) is 0. The van der Waals surface area contributed by atoms with Crippen LogP contribution in [0, 0.1) is 6.92 Å². The van der Waals surface area contributed by atoms with Gasteiger partial charge in [0, 0.05) is 30.0 Å². The summed E-state index contributed by atoms with van der Waals surface area (Å²) in [7, 11) is 1.74. The summed E-state index contributed by atoms with van der Waals surface area (Å²) in [5.74, 6) is -0.430. The minimum Gasteiger partial charge on any atom is -0.462 e. The molecule has 0 saturated heterocycles. The highest BCUT2D eigenvalue weighted by Gasteiger charge is 2.17. The Morgan fingerprint density at radius 3 is 2.56 bits per heavy atom. The predicted octanol–water partition coefficient (Wildman–Crippen LogP) is 4.57. The number of esters is 1. The van der Waals surface area contributed by atoms with E-state index in [0.29, 0.717) is 17.0 Å². The number of ether oxygens (including phenoxy) is 1. The van der Waals surface area contributed by atoms with Gasteiger partial charge >= 0.3 is 5.97 Å². The Hall–Kier alpha value is -2.99. The fourth-order valence-electron chi connectivity index (χ4n) is 2.68. The minimum atomic E-state index is -0.343. The van der Waals surface area contributed by atoms with Gasteiger partial charge < -0.3 is 9.64 Å². The van der Waals surface area contributed by atoms with Crippen molar-refractivity contribution in [2.75, 3.05) is 18.6 Å². The molecule has 0 aliphatic carbocycles. The normalized spacial score (nSPS) is 10.5. The van der Waals surface area contributed by atoms with Gasteiger partial charge in [0.1, 0.15) is 0 Å². The molecular weight excluding hydrogens is 360 g/mol. The first-order valence-corrected chi connectivity index (χ1v) is 9.39. The third-order valence-electron chi connectivity index (χ3n) is 4.19. The first kappa shape index (κ1) is 18.8. The van der Waals surface area contributed by atoms with Crippen LogP contribution in [0.1, 0.15) is 32.5 Å². The second kappa shape index (κ2) is 8.14. The van der Waals surface area contributed by atoms with E-state index in [1.165, 1.54) is 11.3 Å². The smallest absolute Gasteiger partial charge is 0.338 e. The van der Waals surface area contributed by atoms with Gasteiger partial charge in [-0.15, -0.1) is 11.3 Å². The van der Waals surface area contributed by atoms with Gasteiger partial charge in [0.2, 0.25) is 0 Å². The Morgan fingerprint density at radius 2 is 1.85 bits per heavy atom. The number of hydrogen-bond acceptors (Lipinski definition) is 5. The van der Waals surface area contributed by atoms with Crippen LogP contribution in [0.4, 0.5) is 5.69 Å². The molecule has 1 amide bonds. The molecule has 3 aromatic rings. The number of amides is 1. The Morgan fingerprint density at radius 1 is 1.11 bits per heavy atom. The molecule has 0 fully saturated rings. The standard InChI is InChI=1S/C21H20N2O3S/c1-4-26-21(25)15-6-5-14(2)17(13-15)18-7-8-19(27-18)20(24)23(3)16-9-11-22-12-10-16/h5-13H,4H2,1-3H3. The summed E-state index contributed by atoms with van der Waals surface area (Å²) in [6.45, 7) is 4.10. The van der Waals surface area contributed by atoms with E-state index in [4.69, 9.17) is 4.74 Å². The molecular formula is C21H20N2O3S. The van der Waals surface area contributed by atoms with E-state index in [9.17, 15) is 9.59 Å². The zero-order valence-corrected chi connectivity index (χ0v) is 16.2. The Bertz CT molecular complexity index is 967. The number of carbonyl (C=O) groups excluding carboxylic acids is 2. The third-order valence-corrected chi connectivity index (χ3v) is 5.29. The van der Waals surface area contributed by atoms with Crippen LogP contribution < -0.4 is 4.90 Å². The Kier molecular flexibility index (Phi) is 5.66. The predicted molar refractivity (Wildman–Crippen MR) is 107 cm³/mol. The maximum Gasteiger partial charge on any atom is 0.338 e. The number of anilines is 1. The summed E-state index contributed by atoms with van der Waals surface area (Å²) in [6, 6.07) is 12.8. The Balaban J connectivity index is 1.88. The minimum absolute atomic E-state index is 0.0864. The lowest BCUT2D eigenvalue weighted by atomic mass is 10.0. The van der Waals surface area contributed by atoms with Crippen LogP contribution in [-0.4, -0.2) is 30.5 Å². The number of pyridine rings is 1. The molecule has 0 spiro atoms. The van der Waals surface area contributed by atoms with Crippen molar-refractivity contribution in [2.45, 2.75) is 13.8 Å². The zero-order chi connectivity index (χ0) is 19.4. The molecule has 0 aliphatic rings. The van der Waals surface area contributed by atoms with Gasteiger partial charge in [-0.1, -0.05) is 6.07 Å². The maximum absolute atomic E-state index is 12.8. The topological polar surface area (TPSA) is 59.5 Å². The summed E-state index contributed by atoms with van der Waals surface area (Å²) in [6.07, 6.45) is 3.31. The van der Waals surface area contributed by atoms with Crippen LogP contribution in [0.5, 0.6) is 0 Å². The van der Waals surface area contributed by atoms with E-state index in [-0.39, 0.29) is 11.9 Å². The SMILES string of the molecule is CCOC(=O)c1ccc(C)c(-c2ccc(C(=O)N(C)c3ccncc3)s2)c1. The average Bonchev–Trinajstić information content (AvgIpc) is 3.18. The summed E-state index contributed by atoms with van der Waals surface area (Å²) in [5, 5.41) is 0. The fourth-order valence-corrected chi connectivity index (χ4v) is 3.74. The van der Waals surface area contributed by atoms with Crippen molar-refractivity contribution in [3.8, 4) is 10.4 Å². The highest BCUT2D eigenvalue weighted by Crippen LogP contribution is 2.32. The molecule has 0 atom stereocenters. The molecule has 0 aliphatic heterocycles. The molecule has 27 heavy (non-hydrogen) atoms. The molecule has 5 nitrogen and oxygen atoms in total. The molecule has 2 aromatic heterocycles. The summed E-state index contributed by atoms with van der Waals surface area (Å²) in [5.41, 5.74) is 3.25. The second-order valence-electron chi connectivity index (χ2n) is 5.98. The quantitative estimate of drug-likeness (QED) is 0.608. The van der Waals surface area contributed by atoms with E-state index >= 15 is 0 Å². The van der Waals surface area contributed by atoms with Crippen LogP contribution >= 0.6 is 11.3 Å². The largest absolute Gasteiger partial charge is 0.462 e. The fraction of sp³-hybridized carbons (Fsp3) is 0.190. The number of nitrogens with zero attached hydrogens (tertiary/aromatic N) is 2. The molecule has 0 radical (unpaired) electrons. The molecule has 0 N–H and O–H groups in total. The maximum atomic E-state index is 12.8. The van der Waals surface area contributed by atoms with Crippen molar-refractivity contribution in [1.82, 2.24) is 4.98 Å². The van der Waals surface area contributed by atoms with Crippen molar-refractivity contribution in [3.05, 3.63) is 70.9 Å². The lowest BCUT2D eigenvalue weighted by Crippen LogP contribution is -2.25. The average molecular weight is 380 g/mol. The van der Waals surface area contributed by atoms with Crippen LogP contribution in [0.25, 0.3) is 10.4 Å². The lowest BCUT2D eigenvalue weighted by molar-refractivity contribution is 0.0526. The summed E-state index contributed by atoms with van der Waals surface area (Å²) in [4.78, 5) is 31.9. The van der Waals surface area contributed by atoms with Gasteiger partial charge in [0.15, 0.2) is 0 Å². The van der Waals surface area contributed by atoms with E-state index in [1.807, 2.05) is 31.2 Å². The highest BCUT2D eigenvalue weighted by molar-refractivity contribution is 7.17. The van der Waals surface area contributed by atoms with Crippen molar-refractivity contribution in [2.24, 2.45) is 0 Å². The van der Waals surface area contributed by atoms with Gasteiger partial charge in [-0.05, 0) is 61.4 Å². The van der Waals surface area contributed by atoms with Crippen molar-refractivity contribution < 1.29 is 14.3 Å². The number of benzene rings is 1. The number of rotatable bonds is 5. The van der Waals surface area contributed by atoms with Crippen LogP contribution in [0.15, 0.2) is 54.9 Å². The molecule has 1 aromatic carbocycles. The van der Waals surface area contributed by atoms with Crippen molar-refractivity contribution in [1.29, 1.82) is 0 Å². The summed E-state index contributed by atoms with van der Waals surface area (Å²) >= 11 is 1.41. The van der Waals surface area contributed by atoms with Crippen molar-refractivity contribution in [3.63, 3.8) is 0 Å².